The molecule has 0 aromatic carbocycles. The highest BCUT2D eigenvalue weighted by molar-refractivity contribution is 6.31. The van der Waals surface area contributed by atoms with Gasteiger partial charge in [-0.2, -0.15) is 0 Å². The van der Waals surface area contributed by atoms with Crippen LogP contribution in [-0.4, -0.2) is 27.7 Å². The van der Waals surface area contributed by atoms with E-state index in [2.05, 4.69) is 15.3 Å². The first-order chi connectivity index (χ1) is 6.65. The van der Waals surface area contributed by atoms with Crippen LogP contribution in [0.4, 0.5) is 5.82 Å². The fourth-order valence-electron chi connectivity index (χ4n) is 1.02. The summed E-state index contributed by atoms with van der Waals surface area (Å²) in [6.07, 6.45) is 3.08. The number of nitrogens with zero attached hydrogens (tertiary/aromatic N) is 2. The van der Waals surface area contributed by atoms with Gasteiger partial charge in [0.05, 0.1) is 12.6 Å². The fraction of sp³-hybridized carbons (Fsp3) is 0.556. The topological polar surface area (TPSA) is 58.0 Å². The molecule has 0 bridgehead atoms. The molecule has 78 valence electrons. The van der Waals surface area contributed by atoms with Gasteiger partial charge in [0.25, 0.3) is 0 Å². The Labute approximate surface area is 88.3 Å². The van der Waals surface area contributed by atoms with Gasteiger partial charge in [-0.15, -0.1) is 0 Å². The summed E-state index contributed by atoms with van der Waals surface area (Å²) in [5.41, 5.74) is 0. The van der Waals surface area contributed by atoms with Gasteiger partial charge >= 0.3 is 0 Å². The second-order valence-corrected chi connectivity index (χ2v) is 3.73. The number of rotatable bonds is 4. The van der Waals surface area contributed by atoms with Gasteiger partial charge in [-0.25, -0.2) is 9.97 Å². The van der Waals surface area contributed by atoms with Gasteiger partial charge in [-0.3, -0.25) is 0 Å². The van der Waals surface area contributed by atoms with E-state index in [0.717, 1.165) is 0 Å². The van der Waals surface area contributed by atoms with Crippen molar-refractivity contribution in [3.63, 3.8) is 0 Å². The van der Waals surface area contributed by atoms with Crippen LogP contribution in [0, 0.1) is 5.92 Å². The Bertz CT molecular complexity index is 293. The van der Waals surface area contributed by atoms with Crippen molar-refractivity contribution in [2.75, 3.05) is 11.9 Å². The standard InChI is InChI=1S/C9H14ClN3O/c1-6(2)7(5-14)13-9-8(10)11-3-4-12-9/h3-4,6-7,14H,5H2,1-2H3,(H,12,13)/t7-/m1/s1. The lowest BCUT2D eigenvalue weighted by atomic mass is 10.1. The van der Waals surface area contributed by atoms with Crippen molar-refractivity contribution in [1.29, 1.82) is 0 Å². The largest absolute Gasteiger partial charge is 0.394 e. The van der Waals surface area contributed by atoms with Crippen LogP contribution in [0.5, 0.6) is 0 Å². The summed E-state index contributed by atoms with van der Waals surface area (Å²) in [6, 6.07) is -0.0517. The predicted molar refractivity (Wildman–Crippen MR) is 56.4 cm³/mol. The third-order valence-electron chi connectivity index (χ3n) is 1.98. The number of hydrogen-bond donors (Lipinski definition) is 2. The molecule has 0 saturated carbocycles. The van der Waals surface area contributed by atoms with Crippen LogP contribution in [0.1, 0.15) is 13.8 Å². The second kappa shape index (κ2) is 5.12. The smallest absolute Gasteiger partial charge is 0.171 e. The number of aliphatic hydroxyl groups is 1. The summed E-state index contributed by atoms with van der Waals surface area (Å²) in [4.78, 5) is 7.92. The summed E-state index contributed by atoms with van der Waals surface area (Å²) in [5.74, 6) is 0.819. The lowest BCUT2D eigenvalue weighted by Crippen LogP contribution is -2.30. The average molecular weight is 216 g/mol. The van der Waals surface area contributed by atoms with Gasteiger partial charge in [0.1, 0.15) is 0 Å². The predicted octanol–water partition coefficient (Wildman–Crippen LogP) is 1.56. The number of hydrogen-bond acceptors (Lipinski definition) is 4. The van der Waals surface area contributed by atoms with Crippen molar-refractivity contribution in [1.82, 2.24) is 9.97 Å². The Morgan fingerprint density at radius 1 is 1.43 bits per heavy atom. The van der Waals surface area contributed by atoms with Crippen LogP contribution in [-0.2, 0) is 0 Å². The lowest BCUT2D eigenvalue weighted by molar-refractivity contribution is 0.249. The number of aliphatic hydroxyl groups excluding tert-OH is 1. The van der Waals surface area contributed by atoms with Gasteiger partial charge in [0.2, 0.25) is 0 Å². The minimum absolute atomic E-state index is 0.0462. The SMILES string of the molecule is CC(C)[C@@H](CO)Nc1nccnc1Cl. The van der Waals surface area contributed by atoms with Crippen LogP contribution in [0.2, 0.25) is 5.15 Å². The van der Waals surface area contributed by atoms with Crippen molar-refractivity contribution in [2.45, 2.75) is 19.9 Å². The van der Waals surface area contributed by atoms with Crippen molar-refractivity contribution in [3.8, 4) is 0 Å². The molecule has 0 amide bonds. The maximum Gasteiger partial charge on any atom is 0.171 e. The van der Waals surface area contributed by atoms with E-state index in [0.29, 0.717) is 16.9 Å². The Morgan fingerprint density at radius 2 is 2.07 bits per heavy atom. The molecule has 0 spiro atoms. The first-order valence-electron chi connectivity index (χ1n) is 4.49. The van der Waals surface area contributed by atoms with Crippen LogP contribution in [0.3, 0.4) is 0 Å². The Hall–Kier alpha value is -0.870. The van der Waals surface area contributed by atoms with Crippen molar-refractivity contribution < 1.29 is 5.11 Å². The zero-order chi connectivity index (χ0) is 10.6. The van der Waals surface area contributed by atoms with E-state index in [9.17, 15) is 0 Å². The summed E-state index contributed by atoms with van der Waals surface area (Å²) < 4.78 is 0. The molecular formula is C9H14ClN3O. The molecule has 0 fully saturated rings. The molecule has 0 aliphatic carbocycles. The highest BCUT2D eigenvalue weighted by Gasteiger charge is 2.13. The minimum atomic E-state index is -0.0517. The number of anilines is 1. The van der Waals surface area contributed by atoms with E-state index in [1.165, 1.54) is 6.20 Å². The molecule has 0 saturated heterocycles. The van der Waals surface area contributed by atoms with Gasteiger partial charge in [-0.05, 0) is 5.92 Å². The molecule has 1 aromatic heterocycles. The maximum atomic E-state index is 9.09. The molecule has 1 heterocycles. The molecule has 5 heteroatoms. The summed E-state index contributed by atoms with van der Waals surface area (Å²) >= 11 is 5.81. The molecule has 0 aliphatic heterocycles. The number of aromatic nitrogens is 2. The molecular weight excluding hydrogens is 202 g/mol. The maximum absolute atomic E-state index is 9.09. The number of nitrogens with one attached hydrogen (secondary N) is 1. The zero-order valence-electron chi connectivity index (χ0n) is 8.24. The quantitative estimate of drug-likeness (QED) is 0.801. The van der Waals surface area contributed by atoms with E-state index in [1.54, 1.807) is 6.20 Å². The average Bonchev–Trinajstić information content (AvgIpc) is 2.16. The third-order valence-corrected chi connectivity index (χ3v) is 2.25. The van der Waals surface area contributed by atoms with Gasteiger partial charge in [0.15, 0.2) is 11.0 Å². The highest BCUT2D eigenvalue weighted by Crippen LogP contribution is 2.17. The van der Waals surface area contributed by atoms with E-state index in [4.69, 9.17) is 16.7 Å². The molecule has 1 rings (SSSR count). The van der Waals surface area contributed by atoms with Crippen LogP contribution in [0.25, 0.3) is 0 Å². The van der Waals surface area contributed by atoms with E-state index in [1.807, 2.05) is 13.8 Å². The fourth-order valence-corrected chi connectivity index (χ4v) is 1.18. The Kier molecular flexibility index (Phi) is 4.10. The lowest BCUT2D eigenvalue weighted by Gasteiger charge is -2.20. The highest BCUT2D eigenvalue weighted by atomic mass is 35.5. The van der Waals surface area contributed by atoms with Crippen molar-refractivity contribution in [3.05, 3.63) is 17.5 Å². The summed E-state index contributed by atoms with van der Waals surface area (Å²) in [5, 5.41) is 12.5. The monoisotopic (exact) mass is 215 g/mol. The van der Waals surface area contributed by atoms with Crippen LogP contribution >= 0.6 is 11.6 Å². The molecule has 4 nitrogen and oxygen atoms in total. The molecule has 0 unspecified atom stereocenters. The molecule has 1 aromatic rings. The first-order valence-corrected chi connectivity index (χ1v) is 4.87. The van der Waals surface area contributed by atoms with Gasteiger partial charge in [-0.1, -0.05) is 25.4 Å². The van der Waals surface area contributed by atoms with E-state index in [-0.39, 0.29) is 12.6 Å². The third kappa shape index (κ3) is 2.82. The Balaban J connectivity index is 2.72. The molecule has 0 radical (unpaired) electrons. The molecule has 2 N–H and O–H groups in total. The molecule has 1 atom stereocenters. The molecule has 0 aliphatic rings. The van der Waals surface area contributed by atoms with Crippen molar-refractivity contribution >= 4 is 17.4 Å². The Morgan fingerprint density at radius 3 is 2.57 bits per heavy atom. The van der Waals surface area contributed by atoms with Gasteiger partial charge < -0.3 is 10.4 Å². The number of halogens is 1. The summed E-state index contributed by atoms with van der Waals surface area (Å²) in [6.45, 7) is 4.07. The van der Waals surface area contributed by atoms with Crippen LogP contribution in [0.15, 0.2) is 12.4 Å². The molecule has 14 heavy (non-hydrogen) atoms. The van der Waals surface area contributed by atoms with Crippen molar-refractivity contribution in [2.24, 2.45) is 5.92 Å². The summed E-state index contributed by atoms with van der Waals surface area (Å²) in [7, 11) is 0. The van der Waals surface area contributed by atoms with E-state index < -0.39 is 0 Å². The van der Waals surface area contributed by atoms with Crippen LogP contribution < -0.4 is 5.32 Å². The normalized spacial score (nSPS) is 12.9. The second-order valence-electron chi connectivity index (χ2n) is 3.37. The van der Waals surface area contributed by atoms with Gasteiger partial charge in [0, 0.05) is 12.4 Å². The minimum Gasteiger partial charge on any atom is -0.394 e. The zero-order valence-corrected chi connectivity index (χ0v) is 8.99. The first kappa shape index (κ1) is 11.2. The van der Waals surface area contributed by atoms with E-state index >= 15 is 0 Å².